The highest BCUT2D eigenvalue weighted by Crippen LogP contribution is 2.46. The summed E-state index contributed by atoms with van der Waals surface area (Å²) < 4.78 is 24.2. The molecule has 0 unspecified atom stereocenters. The number of rotatable bonds is 5. The van der Waals surface area contributed by atoms with E-state index in [9.17, 15) is 4.57 Å². The molecule has 0 radical (unpaired) electrons. The number of phosphoric ester groups is 1. The van der Waals surface area contributed by atoms with Gasteiger partial charge in [-0.1, -0.05) is 0 Å². The molecular weight excluding hydrogens is 207 g/mol. The average molecular weight is 228 g/mol. The van der Waals surface area contributed by atoms with Gasteiger partial charge >= 0.3 is 7.82 Å². The summed E-state index contributed by atoms with van der Waals surface area (Å²) in [4.78, 5) is 2.00. The lowest BCUT2D eigenvalue weighted by Gasteiger charge is -2.11. The van der Waals surface area contributed by atoms with Crippen LogP contribution < -0.4 is 5.90 Å². The first-order chi connectivity index (χ1) is 6.41. The summed E-state index contributed by atoms with van der Waals surface area (Å²) in [5.41, 5.74) is 0. The van der Waals surface area contributed by atoms with E-state index >= 15 is 0 Å². The number of hydrogen-bond acceptors (Lipinski definition) is 6. The summed E-state index contributed by atoms with van der Waals surface area (Å²) in [6, 6.07) is 0. The quantitative estimate of drug-likeness (QED) is 0.563. The number of hydrogen-bond donors (Lipinski definition) is 1. The minimum atomic E-state index is -3.42. The van der Waals surface area contributed by atoms with Gasteiger partial charge in [0.25, 0.3) is 0 Å². The fourth-order valence-corrected chi connectivity index (χ4v) is 1.24. The Morgan fingerprint density at radius 3 is 1.57 bits per heavy atom. The fraction of sp³-hybridized carbons (Fsp3) is 1.00. The lowest BCUT2D eigenvalue weighted by atomic mass is 10.9. The summed E-state index contributed by atoms with van der Waals surface area (Å²) in [6.45, 7) is 3.83. The molecule has 7 heteroatoms. The van der Waals surface area contributed by atoms with Crippen molar-refractivity contribution < 1.29 is 18.2 Å². The Kier molecular flexibility index (Phi) is 11.3. The SMILES string of the molecule is CCOP(=O)(ON)OCC.CN(C)C. The molecule has 0 spiro atoms. The second-order valence-corrected chi connectivity index (χ2v) is 4.35. The van der Waals surface area contributed by atoms with Gasteiger partial charge in [-0.15, -0.1) is 0 Å². The van der Waals surface area contributed by atoms with Crippen molar-refractivity contribution >= 4 is 7.82 Å². The lowest BCUT2D eigenvalue weighted by molar-refractivity contribution is 0.122. The van der Waals surface area contributed by atoms with Gasteiger partial charge in [0, 0.05) is 0 Å². The van der Waals surface area contributed by atoms with Crippen LogP contribution in [0.3, 0.4) is 0 Å². The normalized spacial score (nSPS) is 11.1. The first-order valence-electron chi connectivity index (χ1n) is 4.30. The van der Waals surface area contributed by atoms with Crippen LogP contribution in [-0.2, 0) is 18.2 Å². The van der Waals surface area contributed by atoms with Crippen molar-refractivity contribution in [1.82, 2.24) is 4.90 Å². The zero-order valence-electron chi connectivity index (χ0n) is 9.52. The van der Waals surface area contributed by atoms with Crippen molar-refractivity contribution in [3.05, 3.63) is 0 Å². The minimum Gasteiger partial charge on any atom is -0.312 e. The highest BCUT2D eigenvalue weighted by Gasteiger charge is 2.23. The third kappa shape index (κ3) is 12.0. The third-order valence-corrected chi connectivity index (χ3v) is 2.11. The van der Waals surface area contributed by atoms with E-state index < -0.39 is 7.82 Å². The first kappa shape index (κ1) is 16.5. The number of phosphoric acid groups is 1. The number of nitrogens with two attached hydrogens (primary N) is 1. The van der Waals surface area contributed by atoms with Crippen LogP contribution in [0.1, 0.15) is 13.8 Å². The second-order valence-electron chi connectivity index (χ2n) is 2.73. The molecule has 0 aliphatic carbocycles. The van der Waals surface area contributed by atoms with Gasteiger partial charge in [0.1, 0.15) is 0 Å². The van der Waals surface area contributed by atoms with Crippen LogP contribution in [0.4, 0.5) is 0 Å². The molecule has 0 saturated heterocycles. The van der Waals surface area contributed by atoms with Crippen LogP contribution in [0, 0.1) is 0 Å². The van der Waals surface area contributed by atoms with Crippen LogP contribution in [0.15, 0.2) is 0 Å². The summed E-state index contributed by atoms with van der Waals surface area (Å²) in [7, 11) is 2.58. The maximum Gasteiger partial charge on any atom is 0.491 e. The summed E-state index contributed by atoms with van der Waals surface area (Å²) in [5.74, 6) is 4.67. The van der Waals surface area contributed by atoms with Crippen molar-refractivity contribution in [2.24, 2.45) is 5.90 Å². The summed E-state index contributed by atoms with van der Waals surface area (Å²) in [6.07, 6.45) is 0. The Morgan fingerprint density at radius 2 is 1.43 bits per heavy atom. The topological polar surface area (TPSA) is 74.0 Å². The molecule has 0 heterocycles. The van der Waals surface area contributed by atoms with E-state index in [1.165, 1.54) is 0 Å². The Balaban J connectivity index is 0. The van der Waals surface area contributed by atoms with Gasteiger partial charge in [0.15, 0.2) is 0 Å². The van der Waals surface area contributed by atoms with E-state index in [-0.39, 0.29) is 13.2 Å². The zero-order chi connectivity index (χ0) is 11.6. The van der Waals surface area contributed by atoms with Crippen LogP contribution in [0.5, 0.6) is 0 Å². The van der Waals surface area contributed by atoms with Gasteiger partial charge in [0.2, 0.25) is 0 Å². The Bertz CT molecular complexity index is 153. The zero-order valence-corrected chi connectivity index (χ0v) is 10.4. The van der Waals surface area contributed by atoms with Crippen molar-refractivity contribution in [2.45, 2.75) is 13.8 Å². The minimum absolute atomic E-state index is 0.245. The van der Waals surface area contributed by atoms with Gasteiger partial charge in [-0.3, -0.25) is 9.05 Å². The predicted octanol–water partition coefficient (Wildman–Crippen LogP) is 1.24. The molecule has 0 bridgehead atoms. The molecular formula is C7H21N2O4P. The smallest absolute Gasteiger partial charge is 0.312 e. The van der Waals surface area contributed by atoms with Gasteiger partial charge in [-0.2, -0.15) is 0 Å². The molecule has 0 fully saturated rings. The maximum atomic E-state index is 11.0. The third-order valence-electron chi connectivity index (χ3n) is 0.704. The van der Waals surface area contributed by atoms with E-state index in [0.717, 1.165) is 0 Å². The maximum absolute atomic E-state index is 11.0. The number of nitrogens with zero attached hydrogens (tertiary/aromatic N) is 1. The Hall–Kier alpha value is 0.0300. The van der Waals surface area contributed by atoms with Crippen molar-refractivity contribution in [2.75, 3.05) is 34.4 Å². The molecule has 0 aliphatic heterocycles. The predicted molar refractivity (Wildman–Crippen MR) is 55.7 cm³/mol. The highest BCUT2D eigenvalue weighted by atomic mass is 31.2. The van der Waals surface area contributed by atoms with E-state index in [1.807, 2.05) is 26.0 Å². The van der Waals surface area contributed by atoms with Crippen molar-refractivity contribution in [3.63, 3.8) is 0 Å². The van der Waals surface area contributed by atoms with Gasteiger partial charge in [-0.25, -0.2) is 15.1 Å². The molecule has 0 saturated carbocycles. The standard InChI is InChI=1S/C4H12NO4P.C3H9N/c1-3-7-10(6,9-5)8-4-2;1-4(2)3/h3-5H2,1-2H3;1-3H3. The summed E-state index contributed by atoms with van der Waals surface area (Å²) in [5, 5.41) is 0. The second kappa shape index (κ2) is 9.58. The molecule has 0 rings (SSSR count). The van der Waals surface area contributed by atoms with Crippen molar-refractivity contribution in [1.29, 1.82) is 0 Å². The van der Waals surface area contributed by atoms with Crippen LogP contribution in [0.25, 0.3) is 0 Å². The Morgan fingerprint density at radius 1 is 1.14 bits per heavy atom. The largest absolute Gasteiger partial charge is 0.491 e. The molecule has 88 valence electrons. The Labute approximate surface area is 85.9 Å². The van der Waals surface area contributed by atoms with E-state index in [4.69, 9.17) is 0 Å². The van der Waals surface area contributed by atoms with Crippen molar-refractivity contribution in [3.8, 4) is 0 Å². The monoisotopic (exact) mass is 228 g/mol. The highest BCUT2D eigenvalue weighted by molar-refractivity contribution is 7.48. The lowest BCUT2D eigenvalue weighted by Crippen LogP contribution is -2.03. The molecule has 6 nitrogen and oxygen atoms in total. The van der Waals surface area contributed by atoms with E-state index in [0.29, 0.717) is 0 Å². The first-order valence-corrected chi connectivity index (χ1v) is 5.76. The summed E-state index contributed by atoms with van der Waals surface area (Å²) >= 11 is 0. The molecule has 0 amide bonds. The van der Waals surface area contributed by atoms with Gasteiger partial charge < -0.3 is 4.90 Å². The van der Waals surface area contributed by atoms with E-state index in [2.05, 4.69) is 19.6 Å². The molecule has 0 atom stereocenters. The van der Waals surface area contributed by atoms with Gasteiger partial charge in [-0.05, 0) is 35.0 Å². The fourth-order valence-electron chi connectivity index (χ4n) is 0.414. The van der Waals surface area contributed by atoms with Crippen LogP contribution in [-0.4, -0.2) is 39.3 Å². The molecule has 0 aromatic heterocycles. The molecule has 0 aromatic rings. The average Bonchev–Trinajstić information content (AvgIpc) is 2.04. The molecule has 0 aliphatic rings. The van der Waals surface area contributed by atoms with Crippen LogP contribution in [0.2, 0.25) is 0 Å². The molecule has 2 N–H and O–H groups in total. The molecule has 14 heavy (non-hydrogen) atoms. The van der Waals surface area contributed by atoms with Crippen LogP contribution >= 0.6 is 7.82 Å². The molecule has 0 aromatic carbocycles. The van der Waals surface area contributed by atoms with Gasteiger partial charge in [0.05, 0.1) is 13.2 Å². The van der Waals surface area contributed by atoms with E-state index in [1.54, 1.807) is 13.8 Å².